The first-order valence-corrected chi connectivity index (χ1v) is 8.92. The number of nitrogens with one attached hydrogen (secondary N) is 2. The van der Waals surface area contributed by atoms with Gasteiger partial charge >= 0.3 is 0 Å². The zero-order valence-corrected chi connectivity index (χ0v) is 14.8. The van der Waals surface area contributed by atoms with Crippen molar-refractivity contribution in [3.8, 4) is 5.75 Å². The minimum atomic E-state index is 0.0850. The van der Waals surface area contributed by atoms with Gasteiger partial charge in [-0.25, -0.2) is 0 Å². The Morgan fingerprint density at radius 2 is 1.92 bits per heavy atom. The van der Waals surface area contributed by atoms with Gasteiger partial charge in [-0.15, -0.1) is 0 Å². The maximum Gasteiger partial charge on any atom is 0.191 e. The molecule has 5 heteroatoms. The van der Waals surface area contributed by atoms with Crippen LogP contribution in [0.2, 0.25) is 0 Å². The summed E-state index contributed by atoms with van der Waals surface area (Å²) in [6.45, 7) is 3.51. The van der Waals surface area contributed by atoms with Gasteiger partial charge in [0, 0.05) is 38.8 Å². The molecule has 132 valence electrons. The molecule has 1 saturated heterocycles. The molecule has 0 bridgehead atoms. The molecule has 0 spiro atoms. The van der Waals surface area contributed by atoms with E-state index in [1.807, 2.05) is 19.2 Å². The molecule has 1 saturated carbocycles. The number of methoxy groups -OCH3 is 1. The molecule has 2 N–H and O–H groups in total. The van der Waals surface area contributed by atoms with Crippen LogP contribution in [0.15, 0.2) is 29.3 Å². The van der Waals surface area contributed by atoms with E-state index in [-0.39, 0.29) is 5.41 Å². The van der Waals surface area contributed by atoms with E-state index in [4.69, 9.17) is 9.47 Å². The van der Waals surface area contributed by atoms with Crippen LogP contribution >= 0.6 is 0 Å². The van der Waals surface area contributed by atoms with Crippen molar-refractivity contribution in [1.82, 2.24) is 10.6 Å². The molecule has 2 fully saturated rings. The van der Waals surface area contributed by atoms with Crippen LogP contribution in [-0.2, 0) is 10.2 Å². The van der Waals surface area contributed by atoms with Gasteiger partial charge in [-0.2, -0.15) is 0 Å². The van der Waals surface area contributed by atoms with Gasteiger partial charge in [-0.1, -0.05) is 12.1 Å². The summed E-state index contributed by atoms with van der Waals surface area (Å²) in [5.74, 6) is 2.64. The van der Waals surface area contributed by atoms with Crippen LogP contribution < -0.4 is 15.4 Å². The molecule has 2 aliphatic rings. The fourth-order valence-electron chi connectivity index (χ4n) is 3.31. The lowest BCUT2D eigenvalue weighted by Crippen LogP contribution is -2.48. The summed E-state index contributed by atoms with van der Waals surface area (Å²) in [5.41, 5.74) is 1.43. The predicted octanol–water partition coefficient (Wildman–Crippen LogP) is 2.32. The van der Waals surface area contributed by atoms with Crippen molar-refractivity contribution in [1.29, 1.82) is 0 Å². The first kappa shape index (κ1) is 17.1. The van der Waals surface area contributed by atoms with E-state index in [9.17, 15) is 0 Å². The highest BCUT2D eigenvalue weighted by molar-refractivity contribution is 5.79. The van der Waals surface area contributed by atoms with E-state index in [1.165, 1.54) is 18.4 Å². The van der Waals surface area contributed by atoms with Crippen LogP contribution in [0.4, 0.5) is 0 Å². The van der Waals surface area contributed by atoms with E-state index < -0.39 is 0 Å². The summed E-state index contributed by atoms with van der Waals surface area (Å²) < 4.78 is 10.9. The molecule has 24 heavy (non-hydrogen) atoms. The lowest BCUT2D eigenvalue weighted by molar-refractivity contribution is 0.0513. The Morgan fingerprint density at radius 1 is 1.21 bits per heavy atom. The van der Waals surface area contributed by atoms with Gasteiger partial charge in [-0.3, -0.25) is 4.99 Å². The van der Waals surface area contributed by atoms with Crippen molar-refractivity contribution in [3.63, 3.8) is 0 Å². The normalized spacial score (nSPS) is 20.5. The highest BCUT2D eigenvalue weighted by Crippen LogP contribution is 2.35. The van der Waals surface area contributed by atoms with Crippen LogP contribution in [0.3, 0.4) is 0 Å². The molecule has 1 aliphatic heterocycles. The first-order chi connectivity index (χ1) is 11.8. The van der Waals surface area contributed by atoms with Crippen LogP contribution in [0.1, 0.15) is 31.2 Å². The van der Waals surface area contributed by atoms with E-state index >= 15 is 0 Å². The summed E-state index contributed by atoms with van der Waals surface area (Å²) in [4.78, 5) is 4.37. The van der Waals surface area contributed by atoms with Gasteiger partial charge in [0.15, 0.2) is 5.96 Å². The zero-order chi connectivity index (χ0) is 16.8. The zero-order valence-electron chi connectivity index (χ0n) is 14.8. The molecule has 1 aliphatic carbocycles. The van der Waals surface area contributed by atoms with Crippen molar-refractivity contribution in [2.24, 2.45) is 10.9 Å². The molecule has 1 aromatic carbocycles. The number of hydrogen-bond donors (Lipinski definition) is 2. The van der Waals surface area contributed by atoms with Crippen LogP contribution in [0.25, 0.3) is 0 Å². The first-order valence-electron chi connectivity index (χ1n) is 8.92. The minimum Gasteiger partial charge on any atom is -0.497 e. The van der Waals surface area contributed by atoms with Crippen LogP contribution in [0.5, 0.6) is 5.75 Å². The van der Waals surface area contributed by atoms with Crippen molar-refractivity contribution in [2.45, 2.75) is 31.1 Å². The maximum atomic E-state index is 5.61. The largest absolute Gasteiger partial charge is 0.497 e. The highest BCUT2D eigenvalue weighted by Gasteiger charge is 2.34. The molecule has 1 aromatic rings. The SMILES string of the molecule is CN=C(NCC1CC1)NCC1(c2ccc(OC)cc2)CCOCC1. The van der Waals surface area contributed by atoms with Gasteiger partial charge in [-0.05, 0) is 49.3 Å². The molecule has 0 atom stereocenters. The summed E-state index contributed by atoms with van der Waals surface area (Å²) in [7, 11) is 3.54. The second kappa shape index (κ2) is 7.88. The third-order valence-electron chi connectivity index (χ3n) is 5.23. The van der Waals surface area contributed by atoms with E-state index in [0.717, 1.165) is 56.8 Å². The highest BCUT2D eigenvalue weighted by atomic mass is 16.5. The van der Waals surface area contributed by atoms with Gasteiger partial charge < -0.3 is 20.1 Å². The number of guanidine groups is 1. The molecule has 0 unspecified atom stereocenters. The molecule has 0 radical (unpaired) electrons. The average Bonchev–Trinajstić information content (AvgIpc) is 3.47. The monoisotopic (exact) mass is 331 g/mol. The van der Waals surface area contributed by atoms with Crippen molar-refractivity contribution in [2.75, 3.05) is 40.5 Å². The Kier molecular flexibility index (Phi) is 5.61. The maximum absolute atomic E-state index is 5.61. The Hall–Kier alpha value is -1.75. The second-order valence-corrected chi connectivity index (χ2v) is 6.87. The molecule has 0 amide bonds. The Balaban J connectivity index is 1.67. The summed E-state index contributed by atoms with van der Waals surface area (Å²) in [6, 6.07) is 8.47. The summed E-state index contributed by atoms with van der Waals surface area (Å²) >= 11 is 0. The molecule has 0 aromatic heterocycles. The van der Waals surface area contributed by atoms with Gasteiger partial charge in [0.25, 0.3) is 0 Å². The number of rotatable bonds is 6. The van der Waals surface area contributed by atoms with Crippen molar-refractivity contribution >= 4 is 5.96 Å². The van der Waals surface area contributed by atoms with E-state index in [0.29, 0.717) is 0 Å². The van der Waals surface area contributed by atoms with Gasteiger partial charge in [0.05, 0.1) is 7.11 Å². The Labute approximate surface area is 144 Å². The van der Waals surface area contributed by atoms with Gasteiger partial charge in [0.1, 0.15) is 5.75 Å². The number of benzene rings is 1. The Bertz CT molecular complexity index is 546. The minimum absolute atomic E-state index is 0.0850. The third kappa shape index (κ3) is 4.20. The average molecular weight is 331 g/mol. The fraction of sp³-hybridized carbons (Fsp3) is 0.632. The fourth-order valence-corrected chi connectivity index (χ4v) is 3.31. The number of hydrogen-bond acceptors (Lipinski definition) is 3. The second-order valence-electron chi connectivity index (χ2n) is 6.87. The van der Waals surface area contributed by atoms with E-state index in [2.05, 4.69) is 27.8 Å². The third-order valence-corrected chi connectivity index (χ3v) is 5.23. The molecular weight excluding hydrogens is 302 g/mol. The predicted molar refractivity (Wildman–Crippen MR) is 96.8 cm³/mol. The molecule has 5 nitrogen and oxygen atoms in total. The summed E-state index contributed by atoms with van der Waals surface area (Å²) in [5, 5.41) is 6.99. The van der Waals surface area contributed by atoms with Gasteiger partial charge in [0.2, 0.25) is 0 Å². The smallest absolute Gasteiger partial charge is 0.191 e. The van der Waals surface area contributed by atoms with Crippen molar-refractivity contribution < 1.29 is 9.47 Å². The number of ether oxygens (including phenoxy) is 2. The van der Waals surface area contributed by atoms with Crippen molar-refractivity contribution in [3.05, 3.63) is 29.8 Å². The van der Waals surface area contributed by atoms with Crippen LogP contribution in [0, 0.1) is 5.92 Å². The molecular formula is C19H29N3O2. The molecule has 3 rings (SSSR count). The number of nitrogens with zero attached hydrogens (tertiary/aromatic N) is 1. The van der Waals surface area contributed by atoms with E-state index in [1.54, 1.807) is 7.11 Å². The standard InChI is InChI=1S/C19H29N3O2/c1-20-18(21-13-15-3-4-15)22-14-19(9-11-24-12-10-19)16-5-7-17(23-2)8-6-16/h5-8,15H,3-4,9-14H2,1-2H3,(H2,20,21,22). The van der Waals surface area contributed by atoms with Crippen LogP contribution in [-0.4, -0.2) is 46.4 Å². The summed E-state index contributed by atoms with van der Waals surface area (Å²) in [6.07, 6.45) is 4.73. The Morgan fingerprint density at radius 3 is 2.50 bits per heavy atom. The quantitative estimate of drug-likeness (QED) is 0.620. The number of aliphatic imine (C=N–C) groups is 1. The topological polar surface area (TPSA) is 54.9 Å². The lowest BCUT2D eigenvalue weighted by Gasteiger charge is -2.38. The molecule has 1 heterocycles. The lowest BCUT2D eigenvalue weighted by atomic mass is 9.74.